The molecule has 10 nitrogen and oxygen atoms in total. The molecule has 40 heavy (non-hydrogen) atoms. The minimum Gasteiger partial charge on any atom is -0.339 e. The van der Waals surface area contributed by atoms with Crippen LogP contribution in [0.4, 0.5) is 0 Å². The van der Waals surface area contributed by atoms with Crippen LogP contribution in [0.3, 0.4) is 0 Å². The molecule has 3 heterocycles. The van der Waals surface area contributed by atoms with Crippen LogP contribution in [0.2, 0.25) is 0 Å². The first-order chi connectivity index (χ1) is 19.1. The third-order valence-corrected chi connectivity index (χ3v) is 6.72. The quantitative estimate of drug-likeness (QED) is 0.296. The molecule has 5 rings (SSSR count). The van der Waals surface area contributed by atoms with E-state index in [9.17, 15) is 9.59 Å². The summed E-state index contributed by atoms with van der Waals surface area (Å²) in [5, 5.41) is 7.94. The molecule has 0 bridgehead atoms. The Morgan fingerprint density at radius 3 is 2.27 bits per heavy atom. The summed E-state index contributed by atoms with van der Waals surface area (Å²) in [6.07, 6.45) is 1.78. The van der Waals surface area contributed by atoms with Crippen LogP contribution in [0.1, 0.15) is 68.5 Å². The average molecular weight is 541 g/mol. The number of rotatable bonds is 8. The van der Waals surface area contributed by atoms with E-state index in [1.54, 1.807) is 4.57 Å². The van der Waals surface area contributed by atoms with E-state index >= 15 is 0 Å². The molecule has 0 fully saturated rings. The Balaban J connectivity index is 1.46. The summed E-state index contributed by atoms with van der Waals surface area (Å²) in [6, 6.07) is 15.6. The van der Waals surface area contributed by atoms with Crippen molar-refractivity contribution in [2.45, 2.75) is 65.8 Å². The monoisotopic (exact) mass is 540 g/mol. The molecule has 0 spiro atoms. The highest BCUT2D eigenvalue weighted by molar-refractivity contribution is 5.80. The Labute approximate surface area is 231 Å². The van der Waals surface area contributed by atoms with Gasteiger partial charge in [0.05, 0.1) is 13.0 Å². The lowest BCUT2D eigenvalue weighted by Gasteiger charge is -2.16. The molecule has 0 saturated heterocycles. The zero-order chi connectivity index (χ0) is 28.4. The fraction of sp³-hybridized carbons (Fsp3) is 0.333. The van der Waals surface area contributed by atoms with Crippen LogP contribution in [0.5, 0.6) is 0 Å². The summed E-state index contributed by atoms with van der Waals surface area (Å²) in [4.78, 5) is 37.2. The molecule has 1 N–H and O–H groups in total. The Morgan fingerprint density at radius 1 is 0.925 bits per heavy atom. The van der Waals surface area contributed by atoms with Crippen molar-refractivity contribution in [1.82, 2.24) is 29.8 Å². The van der Waals surface area contributed by atoms with Crippen LogP contribution in [-0.4, -0.2) is 29.8 Å². The van der Waals surface area contributed by atoms with E-state index in [-0.39, 0.29) is 17.4 Å². The Bertz CT molecular complexity index is 1750. The second-order valence-corrected chi connectivity index (χ2v) is 10.9. The molecule has 0 amide bonds. The van der Waals surface area contributed by atoms with Gasteiger partial charge in [0.25, 0.3) is 5.56 Å². The molecule has 0 radical (unpaired) electrons. The second kappa shape index (κ2) is 10.9. The number of hydrogen-bond acceptors (Lipinski definition) is 8. The van der Waals surface area contributed by atoms with Crippen molar-refractivity contribution in [2.75, 3.05) is 0 Å². The van der Waals surface area contributed by atoms with Gasteiger partial charge in [0.2, 0.25) is 5.89 Å². The summed E-state index contributed by atoms with van der Waals surface area (Å²) in [5.74, 6) is 1.52. The van der Waals surface area contributed by atoms with E-state index in [1.165, 1.54) is 0 Å². The van der Waals surface area contributed by atoms with Gasteiger partial charge >= 0.3 is 5.76 Å². The summed E-state index contributed by atoms with van der Waals surface area (Å²) in [7, 11) is 0. The van der Waals surface area contributed by atoms with Crippen molar-refractivity contribution in [2.24, 2.45) is 0 Å². The Hall–Kier alpha value is -4.60. The number of nitrogens with zero attached hydrogens (tertiary/aromatic N) is 5. The van der Waals surface area contributed by atoms with Gasteiger partial charge in [0.1, 0.15) is 5.82 Å². The van der Waals surface area contributed by atoms with Crippen LogP contribution in [0, 0.1) is 6.92 Å². The summed E-state index contributed by atoms with van der Waals surface area (Å²) >= 11 is 0. The van der Waals surface area contributed by atoms with E-state index < -0.39 is 5.76 Å². The SMILES string of the molecule is CCCc1nc(C)c(Cc2nc(C(C)(C)C)no2)c(=O)n1Cc1ccc(-c2ccccc2-c2noc(=O)[nH]2)cc1. The lowest BCUT2D eigenvalue weighted by molar-refractivity contribution is 0.367. The molecule has 10 heteroatoms. The number of aryl methyl sites for hydroxylation is 2. The molecule has 0 aliphatic rings. The van der Waals surface area contributed by atoms with Crippen molar-refractivity contribution in [3.05, 3.63) is 104 Å². The largest absolute Gasteiger partial charge is 0.439 e. The highest BCUT2D eigenvalue weighted by atomic mass is 16.5. The molecule has 0 aliphatic heterocycles. The van der Waals surface area contributed by atoms with E-state index in [0.717, 1.165) is 34.5 Å². The van der Waals surface area contributed by atoms with Gasteiger partial charge in [0.15, 0.2) is 11.6 Å². The van der Waals surface area contributed by atoms with Crippen molar-refractivity contribution in [1.29, 1.82) is 0 Å². The Morgan fingerprint density at radius 2 is 1.65 bits per heavy atom. The van der Waals surface area contributed by atoms with Gasteiger partial charge in [-0.25, -0.2) is 9.78 Å². The topological polar surface area (TPSA) is 133 Å². The summed E-state index contributed by atoms with van der Waals surface area (Å²) in [5.41, 5.74) is 4.43. The molecule has 0 unspecified atom stereocenters. The van der Waals surface area contributed by atoms with Crippen molar-refractivity contribution < 1.29 is 9.05 Å². The molecule has 206 valence electrons. The zero-order valence-corrected chi connectivity index (χ0v) is 23.3. The number of benzene rings is 2. The van der Waals surface area contributed by atoms with Gasteiger partial charge in [-0.2, -0.15) is 4.98 Å². The van der Waals surface area contributed by atoms with E-state index in [2.05, 4.69) is 27.2 Å². The van der Waals surface area contributed by atoms with Crippen LogP contribution in [0.15, 0.2) is 67.2 Å². The van der Waals surface area contributed by atoms with Gasteiger partial charge in [0, 0.05) is 28.7 Å². The maximum absolute atomic E-state index is 13.8. The van der Waals surface area contributed by atoms with Crippen molar-refractivity contribution in [3.8, 4) is 22.5 Å². The van der Waals surface area contributed by atoms with Crippen LogP contribution < -0.4 is 11.3 Å². The first-order valence-corrected chi connectivity index (χ1v) is 13.3. The van der Waals surface area contributed by atoms with Gasteiger partial charge in [-0.1, -0.05) is 86.5 Å². The highest BCUT2D eigenvalue weighted by Crippen LogP contribution is 2.30. The molecule has 0 aliphatic carbocycles. The van der Waals surface area contributed by atoms with Gasteiger partial charge in [-0.05, 0) is 30.0 Å². The van der Waals surface area contributed by atoms with Crippen molar-refractivity contribution >= 4 is 0 Å². The van der Waals surface area contributed by atoms with Crippen LogP contribution >= 0.6 is 0 Å². The van der Waals surface area contributed by atoms with E-state index in [0.29, 0.717) is 41.8 Å². The number of H-pyrrole nitrogens is 1. The molecule has 0 atom stereocenters. The van der Waals surface area contributed by atoms with Crippen LogP contribution in [-0.2, 0) is 24.8 Å². The lowest BCUT2D eigenvalue weighted by Crippen LogP contribution is -2.30. The molecule has 2 aromatic carbocycles. The average Bonchev–Trinajstić information content (AvgIpc) is 3.59. The van der Waals surface area contributed by atoms with Gasteiger partial charge in [-0.15, -0.1) is 0 Å². The molecule has 0 saturated carbocycles. The third-order valence-electron chi connectivity index (χ3n) is 6.72. The first kappa shape index (κ1) is 27.0. The normalized spacial score (nSPS) is 11.7. The predicted octanol–water partition coefficient (Wildman–Crippen LogP) is 4.83. The summed E-state index contributed by atoms with van der Waals surface area (Å²) in [6.45, 7) is 10.3. The fourth-order valence-corrected chi connectivity index (χ4v) is 4.58. The summed E-state index contributed by atoms with van der Waals surface area (Å²) < 4.78 is 11.9. The highest BCUT2D eigenvalue weighted by Gasteiger charge is 2.23. The molecular formula is C30H32N6O4. The Kier molecular flexibility index (Phi) is 7.34. The number of hydrogen-bond donors (Lipinski definition) is 1. The predicted molar refractivity (Wildman–Crippen MR) is 150 cm³/mol. The zero-order valence-electron chi connectivity index (χ0n) is 23.3. The fourth-order valence-electron chi connectivity index (χ4n) is 4.58. The van der Waals surface area contributed by atoms with Gasteiger partial charge < -0.3 is 4.52 Å². The minimum absolute atomic E-state index is 0.101. The smallest absolute Gasteiger partial charge is 0.339 e. The second-order valence-electron chi connectivity index (χ2n) is 10.9. The third kappa shape index (κ3) is 5.56. The number of aromatic amines is 1. The van der Waals surface area contributed by atoms with E-state index in [1.807, 2.05) is 76.2 Å². The minimum atomic E-state index is -0.603. The van der Waals surface area contributed by atoms with Crippen LogP contribution in [0.25, 0.3) is 22.5 Å². The maximum atomic E-state index is 13.8. The molecule has 5 aromatic rings. The first-order valence-electron chi connectivity index (χ1n) is 13.3. The van der Waals surface area contributed by atoms with E-state index in [4.69, 9.17) is 14.0 Å². The standard InChI is InChI=1S/C30H32N6O4/c1-6-9-24-31-18(2)23(16-25-32-28(35-39-25)30(3,4)5)27(37)36(24)17-19-12-14-20(15-13-19)21-10-7-8-11-22(21)26-33-29(38)40-34-26/h7-8,10-15H,6,9,16-17H2,1-5H3,(H,33,34,38). The van der Waals surface area contributed by atoms with Crippen molar-refractivity contribution in [3.63, 3.8) is 0 Å². The molecule has 3 aromatic heterocycles. The lowest BCUT2D eigenvalue weighted by atomic mass is 9.96. The van der Waals surface area contributed by atoms with Gasteiger partial charge in [-0.3, -0.25) is 18.9 Å². The molecular weight excluding hydrogens is 508 g/mol. The maximum Gasteiger partial charge on any atom is 0.439 e. The number of aromatic nitrogens is 6. The number of nitrogens with one attached hydrogen (secondary N) is 1.